The second-order valence-electron chi connectivity index (χ2n) is 5.34. The Morgan fingerprint density at radius 1 is 1.45 bits per heavy atom. The number of aliphatic hydroxyl groups excluding tert-OH is 1. The second-order valence-corrected chi connectivity index (χ2v) is 7.00. The van der Waals surface area contributed by atoms with Crippen molar-refractivity contribution in [1.29, 1.82) is 0 Å². The van der Waals surface area contributed by atoms with Crippen LogP contribution in [-0.4, -0.2) is 38.8 Å². The summed E-state index contributed by atoms with van der Waals surface area (Å²) in [5.74, 6) is -0.371. The number of nitrogens with zero attached hydrogens (tertiary/aromatic N) is 2. The van der Waals surface area contributed by atoms with Gasteiger partial charge in [0.2, 0.25) is 0 Å². The van der Waals surface area contributed by atoms with E-state index in [2.05, 4.69) is 10.3 Å². The van der Waals surface area contributed by atoms with Crippen molar-refractivity contribution < 1.29 is 9.90 Å². The van der Waals surface area contributed by atoms with E-state index >= 15 is 0 Å². The lowest BCUT2D eigenvalue weighted by molar-refractivity contribution is 0.0863. The van der Waals surface area contributed by atoms with Crippen molar-refractivity contribution in [2.24, 2.45) is 0 Å². The Balaban J connectivity index is 1.89. The van der Waals surface area contributed by atoms with Crippen LogP contribution in [0.25, 0.3) is 4.96 Å². The first-order chi connectivity index (χ1) is 10.6. The third kappa shape index (κ3) is 2.90. The van der Waals surface area contributed by atoms with Crippen LogP contribution in [0.3, 0.4) is 0 Å². The van der Waals surface area contributed by atoms with E-state index in [1.165, 1.54) is 27.5 Å². The summed E-state index contributed by atoms with van der Waals surface area (Å²) in [6, 6.07) is 0.00757. The van der Waals surface area contributed by atoms with E-state index in [1.807, 2.05) is 0 Å². The minimum absolute atomic E-state index is 0.00757. The van der Waals surface area contributed by atoms with E-state index in [0.717, 1.165) is 12.8 Å². The van der Waals surface area contributed by atoms with Crippen LogP contribution in [-0.2, 0) is 0 Å². The van der Waals surface area contributed by atoms with Gasteiger partial charge in [-0.25, -0.2) is 4.98 Å². The van der Waals surface area contributed by atoms with E-state index in [4.69, 9.17) is 0 Å². The summed E-state index contributed by atoms with van der Waals surface area (Å²) < 4.78 is 1.41. The Labute approximate surface area is 135 Å². The number of fused-ring (bicyclic) bond motifs is 1. The minimum atomic E-state index is -0.371. The first kappa shape index (κ1) is 15.5. The molecule has 2 N–H and O–H groups in total. The maximum absolute atomic E-state index is 12.5. The molecular weight excluding hydrogens is 322 g/mol. The fourth-order valence-corrected chi connectivity index (χ4v) is 4.01. The summed E-state index contributed by atoms with van der Waals surface area (Å²) in [6.45, 7) is 0. The van der Waals surface area contributed by atoms with Gasteiger partial charge in [-0.15, -0.1) is 23.1 Å². The van der Waals surface area contributed by atoms with Crippen LogP contribution < -0.4 is 10.9 Å². The number of carbonyl (C=O) groups is 1. The normalized spacial score (nSPS) is 21.9. The first-order valence-electron chi connectivity index (χ1n) is 7.13. The molecule has 1 saturated carbocycles. The molecule has 2 aromatic heterocycles. The highest BCUT2D eigenvalue weighted by atomic mass is 32.2. The average Bonchev–Trinajstić information content (AvgIpc) is 2.98. The van der Waals surface area contributed by atoms with Crippen molar-refractivity contribution in [2.45, 2.75) is 42.9 Å². The van der Waals surface area contributed by atoms with Crippen molar-refractivity contribution in [2.75, 3.05) is 6.26 Å². The zero-order chi connectivity index (χ0) is 15.7. The second kappa shape index (κ2) is 6.39. The van der Waals surface area contributed by atoms with Crippen LogP contribution in [0.2, 0.25) is 0 Å². The predicted octanol–water partition coefficient (Wildman–Crippen LogP) is 1.51. The highest BCUT2D eigenvalue weighted by Crippen LogP contribution is 2.21. The van der Waals surface area contributed by atoms with Crippen LogP contribution in [0.1, 0.15) is 36.0 Å². The molecule has 118 valence electrons. The molecule has 0 radical (unpaired) electrons. The Bertz CT molecular complexity index is 747. The van der Waals surface area contributed by atoms with Crippen LogP contribution in [0.15, 0.2) is 21.4 Å². The molecule has 22 heavy (non-hydrogen) atoms. The largest absolute Gasteiger partial charge is 0.393 e. The Hall–Kier alpha value is -1.38. The van der Waals surface area contributed by atoms with Crippen LogP contribution in [0.4, 0.5) is 0 Å². The maximum Gasteiger partial charge on any atom is 0.272 e. The summed E-state index contributed by atoms with van der Waals surface area (Å²) >= 11 is 2.67. The smallest absolute Gasteiger partial charge is 0.272 e. The summed E-state index contributed by atoms with van der Waals surface area (Å²) in [6.07, 6.45) is 5.99. The molecule has 1 fully saturated rings. The number of nitrogens with one attached hydrogen (secondary N) is 1. The monoisotopic (exact) mass is 339 g/mol. The lowest BCUT2D eigenvalue weighted by Gasteiger charge is -2.26. The molecule has 1 amide bonds. The third-order valence-corrected chi connectivity index (χ3v) is 5.32. The number of aromatic nitrogens is 2. The zero-order valence-electron chi connectivity index (χ0n) is 12.1. The molecule has 0 spiro atoms. The van der Waals surface area contributed by atoms with Gasteiger partial charge in [0.25, 0.3) is 11.5 Å². The molecule has 0 saturated heterocycles. The fraction of sp³-hybridized carbons (Fsp3) is 0.500. The number of carbonyl (C=O) groups excluding carboxylic acids is 1. The first-order valence-corrected chi connectivity index (χ1v) is 9.23. The zero-order valence-corrected chi connectivity index (χ0v) is 13.7. The Morgan fingerprint density at radius 2 is 2.18 bits per heavy atom. The molecular formula is C14H17N3O3S2. The fourth-order valence-electron chi connectivity index (χ4n) is 2.68. The van der Waals surface area contributed by atoms with E-state index in [9.17, 15) is 14.7 Å². The van der Waals surface area contributed by atoms with Crippen LogP contribution in [0.5, 0.6) is 0 Å². The van der Waals surface area contributed by atoms with Crippen LogP contribution >= 0.6 is 23.1 Å². The molecule has 0 bridgehead atoms. The van der Waals surface area contributed by atoms with Crippen molar-refractivity contribution in [3.05, 3.63) is 27.5 Å². The minimum Gasteiger partial charge on any atom is -0.393 e. The lowest BCUT2D eigenvalue weighted by Crippen LogP contribution is -2.41. The van der Waals surface area contributed by atoms with Crippen molar-refractivity contribution in [1.82, 2.24) is 14.7 Å². The van der Waals surface area contributed by atoms with Gasteiger partial charge in [0.1, 0.15) is 10.6 Å². The van der Waals surface area contributed by atoms with Crippen molar-refractivity contribution in [3.63, 3.8) is 0 Å². The number of hydrogen-bond donors (Lipinski definition) is 2. The van der Waals surface area contributed by atoms with Crippen LogP contribution in [0, 0.1) is 0 Å². The number of hydrogen-bond acceptors (Lipinski definition) is 6. The van der Waals surface area contributed by atoms with E-state index in [1.54, 1.807) is 17.8 Å². The van der Waals surface area contributed by atoms with Gasteiger partial charge in [-0.1, -0.05) is 0 Å². The van der Waals surface area contributed by atoms with Gasteiger partial charge in [-0.3, -0.25) is 14.0 Å². The number of aliphatic hydroxyl groups is 1. The number of rotatable bonds is 3. The predicted molar refractivity (Wildman–Crippen MR) is 86.8 cm³/mol. The third-order valence-electron chi connectivity index (χ3n) is 3.89. The van der Waals surface area contributed by atoms with E-state index < -0.39 is 0 Å². The van der Waals surface area contributed by atoms with Gasteiger partial charge in [0, 0.05) is 17.6 Å². The standard InChI is InChI=1S/C14H17N3O3S2/c1-21-12-10(13(20)17-6-7-22-14(17)16-12)11(19)15-8-2-4-9(18)5-3-8/h6-9,18H,2-5H2,1H3,(H,15,19). The van der Waals surface area contributed by atoms with Gasteiger partial charge in [-0.2, -0.15) is 0 Å². The SMILES string of the molecule is CSc1nc2sccn2c(=O)c1C(=O)NC1CCC(O)CC1. The molecule has 0 unspecified atom stereocenters. The van der Waals surface area contributed by atoms with Crippen molar-refractivity contribution >= 4 is 34.0 Å². The molecule has 0 aliphatic heterocycles. The summed E-state index contributed by atoms with van der Waals surface area (Å²) in [5, 5.41) is 14.7. The molecule has 6 nitrogen and oxygen atoms in total. The summed E-state index contributed by atoms with van der Waals surface area (Å²) in [4.78, 5) is 30.0. The molecule has 0 atom stereocenters. The Morgan fingerprint density at radius 3 is 2.86 bits per heavy atom. The van der Waals surface area contributed by atoms with Gasteiger partial charge < -0.3 is 10.4 Å². The Kier molecular flexibility index (Phi) is 4.51. The number of thioether (sulfide) groups is 1. The lowest BCUT2D eigenvalue weighted by atomic mass is 9.93. The van der Waals surface area contributed by atoms with E-state index in [-0.39, 0.29) is 29.2 Å². The number of thiazole rings is 1. The summed E-state index contributed by atoms with van der Waals surface area (Å²) in [7, 11) is 0. The molecule has 8 heteroatoms. The molecule has 2 heterocycles. The quantitative estimate of drug-likeness (QED) is 0.654. The van der Waals surface area contributed by atoms with Gasteiger partial charge in [0.15, 0.2) is 4.96 Å². The average molecular weight is 339 g/mol. The summed E-state index contributed by atoms with van der Waals surface area (Å²) in [5.41, 5.74) is -0.224. The van der Waals surface area contributed by atoms with Crippen molar-refractivity contribution in [3.8, 4) is 0 Å². The molecule has 1 aliphatic rings. The highest BCUT2D eigenvalue weighted by Gasteiger charge is 2.25. The molecule has 0 aromatic carbocycles. The molecule has 1 aliphatic carbocycles. The topological polar surface area (TPSA) is 83.7 Å². The molecule has 2 aromatic rings. The van der Waals surface area contributed by atoms with Gasteiger partial charge >= 0.3 is 0 Å². The highest BCUT2D eigenvalue weighted by molar-refractivity contribution is 7.98. The maximum atomic E-state index is 12.5. The van der Waals surface area contributed by atoms with Gasteiger partial charge in [-0.05, 0) is 31.9 Å². The molecule has 3 rings (SSSR count). The van der Waals surface area contributed by atoms with Gasteiger partial charge in [0.05, 0.1) is 6.10 Å². The van der Waals surface area contributed by atoms with E-state index in [0.29, 0.717) is 22.8 Å². The number of amides is 1.